The van der Waals surface area contributed by atoms with E-state index in [1.165, 1.54) is 4.67 Å². The highest BCUT2D eigenvalue weighted by Crippen LogP contribution is 2.30. The van der Waals surface area contributed by atoms with E-state index in [4.69, 9.17) is 4.74 Å². The summed E-state index contributed by atoms with van der Waals surface area (Å²) >= 11 is 0. The SMILES string of the molecule is CC(C)(C)OC(=O)N(C(=O)C1CN(PP)C(=O)N1)c1ccccc1. The van der Waals surface area contributed by atoms with Crippen molar-refractivity contribution < 1.29 is 19.1 Å². The van der Waals surface area contributed by atoms with E-state index in [0.717, 1.165) is 4.90 Å². The number of para-hydroxylation sites is 1. The lowest BCUT2D eigenvalue weighted by molar-refractivity contribution is -0.119. The molecule has 130 valence electrons. The monoisotopic (exact) mass is 369 g/mol. The van der Waals surface area contributed by atoms with Crippen LogP contribution < -0.4 is 10.2 Å². The van der Waals surface area contributed by atoms with Crippen molar-refractivity contribution in [3.8, 4) is 0 Å². The van der Waals surface area contributed by atoms with Gasteiger partial charge in [-0.3, -0.25) is 4.79 Å². The number of carbonyl (C=O) groups is 3. The van der Waals surface area contributed by atoms with Crippen LogP contribution in [0.2, 0.25) is 0 Å². The van der Waals surface area contributed by atoms with E-state index in [-0.39, 0.29) is 21.0 Å². The largest absolute Gasteiger partial charge is 0.443 e. The fourth-order valence-electron chi connectivity index (χ4n) is 2.15. The molecule has 1 aromatic rings. The van der Waals surface area contributed by atoms with Crippen LogP contribution in [0.3, 0.4) is 0 Å². The highest BCUT2D eigenvalue weighted by Gasteiger charge is 2.39. The van der Waals surface area contributed by atoms with Crippen LogP contribution in [0.4, 0.5) is 15.3 Å². The Balaban J connectivity index is 2.28. The molecule has 3 unspecified atom stereocenters. The van der Waals surface area contributed by atoms with Gasteiger partial charge in [0.1, 0.15) is 11.6 Å². The Hall–Kier alpha value is -1.71. The molecule has 1 fully saturated rings. The molecule has 1 heterocycles. The number of rotatable bonds is 3. The molecular weight excluding hydrogens is 348 g/mol. The molecule has 24 heavy (non-hydrogen) atoms. The predicted molar refractivity (Wildman–Crippen MR) is 97.2 cm³/mol. The first-order chi connectivity index (χ1) is 11.2. The summed E-state index contributed by atoms with van der Waals surface area (Å²) in [5.74, 6) is -0.519. The van der Waals surface area contributed by atoms with Crippen LogP contribution in [-0.4, -0.2) is 40.9 Å². The van der Waals surface area contributed by atoms with E-state index in [0.29, 0.717) is 5.69 Å². The number of ether oxygens (including phenoxy) is 1. The van der Waals surface area contributed by atoms with Gasteiger partial charge in [0.25, 0.3) is 5.91 Å². The van der Waals surface area contributed by atoms with Crippen molar-refractivity contribution in [2.45, 2.75) is 32.4 Å². The minimum atomic E-state index is -0.793. The van der Waals surface area contributed by atoms with Crippen LogP contribution >= 0.6 is 17.3 Å². The van der Waals surface area contributed by atoms with Gasteiger partial charge in [-0.1, -0.05) is 27.1 Å². The number of nitrogens with one attached hydrogen (secondary N) is 1. The van der Waals surface area contributed by atoms with Gasteiger partial charge in [0.2, 0.25) is 0 Å². The zero-order chi connectivity index (χ0) is 17.9. The molecular formula is C15H21N3O4P2. The van der Waals surface area contributed by atoms with Crippen LogP contribution in [0.15, 0.2) is 30.3 Å². The second kappa shape index (κ2) is 7.45. The van der Waals surface area contributed by atoms with Crippen LogP contribution in [0.5, 0.6) is 0 Å². The van der Waals surface area contributed by atoms with Crippen molar-refractivity contribution in [1.29, 1.82) is 0 Å². The Labute approximate surface area is 145 Å². The van der Waals surface area contributed by atoms with E-state index >= 15 is 0 Å². The minimum absolute atomic E-state index is 0.167. The summed E-state index contributed by atoms with van der Waals surface area (Å²) in [5.41, 5.74) is -0.339. The number of imide groups is 1. The number of carbonyl (C=O) groups excluding carboxylic acids is 3. The van der Waals surface area contributed by atoms with Crippen LogP contribution in [-0.2, 0) is 9.53 Å². The Morgan fingerprint density at radius 3 is 2.46 bits per heavy atom. The number of hydrogen-bond acceptors (Lipinski definition) is 4. The normalized spacial score (nSPS) is 17.9. The predicted octanol–water partition coefficient (Wildman–Crippen LogP) is 2.73. The highest BCUT2D eigenvalue weighted by molar-refractivity contribution is 8.01. The summed E-state index contributed by atoms with van der Waals surface area (Å²) in [6.45, 7) is 5.40. The second-order valence-corrected chi connectivity index (χ2v) is 7.80. The van der Waals surface area contributed by atoms with Crippen molar-refractivity contribution >= 4 is 41.1 Å². The molecule has 1 aliphatic rings. The maximum atomic E-state index is 12.9. The maximum Gasteiger partial charge on any atom is 0.421 e. The number of amides is 4. The lowest BCUT2D eigenvalue weighted by atomic mass is 10.2. The molecule has 0 bridgehead atoms. The van der Waals surface area contributed by atoms with Crippen LogP contribution in [0.25, 0.3) is 0 Å². The summed E-state index contributed by atoms with van der Waals surface area (Å²) in [6.07, 6.45) is -0.764. The van der Waals surface area contributed by atoms with Gasteiger partial charge in [-0.2, -0.15) is 0 Å². The van der Waals surface area contributed by atoms with E-state index in [2.05, 4.69) is 14.2 Å². The Kier molecular flexibility index (Phi) is 5.79. The lowest BCUT2D eigenvalue weighted by Crippen LogP contribution is -2.50. The molecule has 0 spiro atoms. The molecule has 1 saturated heterocycles. The van der Waals surface area contributed by atoms with Crippen molar-refractivity contribution in [2.75, 3.05) is 11.4 Å². The standard InChI is InChI=1S/C15H21N3O4P2/c1-15(2,3)22-14(21)18(10-7-5-4-6-8-10)12(19)11-9-17(24-23)13(20)16-11/h4-8,11,24H,9,23H2,1-3H3,(H,16,20). The number of benzene rings is 1. The van der Waals surface area contributed by atoms with E-state index in [9.17, 15) is 14.4 Å². The molecule has 1 N–H and O–H groups in total. The molecule has 1 aliphatic heterocycles. The molecule has 0 aliphatic carbocycles. The molecule has 7 nitrogen and oxygen atoms in total. The number of hydrogen-bond donors (Lipinski definition) is 1. The lowest BCUT2D eigenvalue weighted by Gasteiger charge is -2.27. The number of nitrogens with zero attached hydrogens (tertiary/aromatic N) is 2. The van der Waals surface area contributed by atoms with Gasteiger partial charge in [0.05, 0.1) is 12.2 Å². The highest BCUT2D eigenvalue weighted by atomic mass is 32.0. The van der Waals surface area contributed by atoms with E-state index in [1.807, 2.05) is 0 Å². The summed E-state index contributed by atoms with van der Waals surface area (Å²) in [4.78, 5) is 38.2. The molecule has 0 saturated carbocycles. The first-order valence-corrected chi connectivity index (χ1v) is 10.1. The third kappa shape index (κ3) is 4.43. The van der Waals surface area contributed by atoms with Gasteiger partial charge in [0.15, 0.2) is 0 Å². The molecule has 1 aromatic carbocycles. The van der Waals surface area contributed by atoms with Gasteiger partial charge in [-0.15, -0.1) is 0 Å². The van der Waals surface area contributed by atoms with Gasteiger partial charge in [-0.05, 0) is 41.3 Å². The molecule has 2 rings (SSSR count). The molecule has 4 amide bonds. The Morgan fingerprint density at radius 1 is 1.33 bits per heavy atom. The fraction of sp³-hybridized carbons (Fsp3) is 0.400. The summed E-state index contributed by atoms with van der Waals surface area (Å²) < 4.78 is 6.86. The van der Waals surface area contributed by atoms with Crippen molar-refractivity contribution in [3.63, 3.8) is 0 Å². The second-order valence-electron chi connectivity index (χ2n) is 6.23. The van der Waals surface area contributed by atoms with Crippen LogP contribution in [0, 0.1) is 0 Å². The Bertz CT molecular complexity index is 633. The average Bonchev–Trinajstić information content (AvgIpc) is 2.88. The fourth-order valence-corrected chi connectivity index (χ4v) is 3.29. The van der Waals surface area contributed by atoms with Crippen molar-refractivity contribution in [1.82, 2.24) is 9.99 Å². The van der Waals surface area contributed by atoms with Crippen molar-refractivity contribution in [2.24, 2.45) is 0 Å². The summed E-state index contributed by atoms with van der Waals surface area (Å²) in [6, 6.07) is 7.42. The zero-order valence-electron chi connectivity index (χ0n) is 13.8. The van der Waals surface area contributed by atoms with Crippen molar-refractivity contribution in [3.05, 3.63) is 30.3 Å². The van der Waals surface area contributed by atoms with Gasteiger partial charge < -0.3 is 14.7 Å². The molecule has 9 heteroatoms. The summed E-state index contributed by atoms with van der Waals surface area (Å²) in [7, 11) is 2.63. The third-order valence-electron chi connectivity index (χ3n) is 3.17. The molecule has 0 radical (unpaired) electrons. The Morgan fingerprint density at radius 2 is 1.96 bits per heavy atom. The van der Waals surface area contributed by atoms with Gasteiger partial charge in [0, 0.05) is 0 Å². The first-order valence-electron chi connectivity index (χ1n) is 7.39. The van der Waals surface area contributed by atoms with Gasteiger partial charge >= 0.3 is 12.1 Å². The minimum Gasteiger partial charge on any atom is -0.443 e. The summed E-state index contributed by atoms with van der Waals surface area (Å²) in [5, 5.41) is 2.60. The van der Waals surface area contributed by atoms with Gasteiger partial charge in [-0.25, -0.2) is 14.5 Å². The molecule has 3 atom stereocenters. The quantitative estimate of drug-likeness (QED) is 0.831. The van der Waals surface area contributed by atoms with E-state index in [1.54, 1.807) is 51.1 Å². The number of anilines is 1. The van der Waals surface area contributed by atoms with Crippen LogP contribution in [0.1, 0.15) is 20.8 Å². The third-order valence-corrected chi connectivity index (χ3v) is 4.81. The smallest absolute Gasteiger partial charge is 0.421 e. The zero-order valence-corrected chi connectivity index (χ0v) is 15.9. The first kappa shape index (κ1) is 18.6. The molecule has 0 aromatic heterocycles. The topological polar surface area (TPSA) is 79.0 Å². The average molecular weight is 369 g/mol. The number of urea groups is 1. The van der Waals surface area contributed by atoms with E-state index < -0.39 is 23.6 Å². The maximum absolute atomic E-state index is 12.9.